The zero-order valence-corrected chi connectivity index (χ0v) is 13.4. The normalized spacial score (nSPS) is 23.7. The summed E-state index contributed by atoms with van der Waals surface area (Å²) in [4.78, 5) is 0. The molecule has 1 fully saturated rings. The van der Waals surface area contributed by atoms with Crippen LogP contribution in [0, 0.1) is 0 Å². The molecule has 0 aliphatic carbocycles. The molecule has 0 saturated carbocycles. The van der Waals surface area contributed by atoms with Crippen LogP contribution < -0.4 is 5.73 Å². The lowest BCUT2D eigenvalue weighted by Crippen LogP contribution is -2.33. The number of hydrogen-bond donors (Lipinski definition) is 1. The van der Waals surface area contributed by atoms with Gasteiger partial charge in [-0.1, -0.05) is 75.7 Å². The summed E-state index contributed by atoms with van der Waals surface area (Å²) in [7, 11) is -0.694. The highest BCUT2D eigenvalue weighted by atomic mass is 28.3. The Morgan fingerprint density at radius 2 is 1.78 bits per heavy atom. The highest BCUT2D eigenvalue weighted by Gasteiger charge is 2.30. The maximum absolute atomic E-state index is 5.61. The van der Waals surface area contributed by atoms with Crippen molar-refractivity contribution in [1.29, 1.82) is 0 Å². The molecule has 1 saturated heterocycles. The summed E-state index contributed by atoms with van der Waals surface area (Å²) in [6.45, 7) is 9.51. The summed E-state index contributed by atoms with van der Waals surface area (Å²) in [6, 6.07) is 11.8. The van der Waals surface area contributed by atoms with E-state index < -0.39 is 8.07 Å². The predicted molar refractivity (Wildman–Crippen MR) is 84.6 cm³/mol. The van der Waals surface area contributed by atoms with Gasteiger partial charge in [0, 0.05) is 6.04 Å². The van der Waals surface area contributed by atoms with Crippen LogP contribution in [-0.4, -0.2) is 8.07 Å². The van der Waals surface area contributed by atoms with E-state index in [1.54, 1.807) is 6.04 Å². The minimum Gasteiger partial charge on any atom is -0.324 e. The van der Waals surface area contributed by atoms with Crippen molar-refractivity contribution >= 4 is 8.07 Å². The van der Waals surface area contributed by atoms with Gasteiger partial charge in [0.1, 0.15) is 0 Å². The molecule has 2 N–H and O–H groups in total. The summed E-state index contributed by atoms with van der Waals surface area (Å²) in [5, 5.41) is 0. The smallest absolute Gasteiger partial charge is 0.0502 e. The standard InChI is InChI=1S/C8H11N.C8H18Si/c1-7(9)8-5-3-2-4-6-8;1-8-6-4-5-7-9(8,2)3/h2-7H,9H2,1H3;8H,4-7H2,1-3H3. The van der Waals surface area contributed by atoms with E-state index >= 15 is 0 Å². The average molecular weight is 264 g/mol. The van der Waals surface area contributed by atoms with Crippen LogP contribution >= 0.6 is 0 Å². The van der Waals surface area contributed by atoms with Gasteiger partial charge in [-0.2, -0.15) is 0 Å². The first-order chi connectivity index (χ1) is 8.43. The molecule has 0 bridgehead atoms. The van der Waals surface area contributed by atoms with Crippen molar-refractivity contribution in [2.24, 2.45) is 5.73 Å². The van der Waals surface area contributed by atoms with Crippen LogP contribution in [0.3, 0.4) is 0 Å². The third-order valence-corrected chi connectivity index (χ3v) is 8.97. The van der Waals surface area contributed by atoms with Crippen LogP contribution in [0.1, 0.15) is 44.7 Å². The van der Waals surface area contributed by atoms with E-state index in [0.29, 0.717) is 0 Å². The van der Waals surface area contributed by atoms with Gasteiger partial charge in [0.25, 0.3) is 0 Å². The van der Waals surface area contributed by atoms with E-state index in [0.717, 1.165) is 5.54 Å². The summed E-state index contributed by atoms with van der Waals surface area (Å²) in [5.74, 6) is 0. The third-order valence-electron chi connectivity index (χ3n) is 4.37. The van der Waals surface area contributed by atoms with Crippen molar-refractivity contribution in [3.63, 3.8) is 0 Å². The Morgan fingerprint density at radius 1 is 1.17 bits per heavy atom. The van der Waals surface area contributed by atoms with Gasteiger partial charge in [0.05, 0.1) is 8.07 Å². The molecular weight excluding hydrogens is 234 g/mol. The lowest BCUT2D eigenvalue weighted by atomic mass is 10.1. The first-order valence-electron chi connectivity index (χ1n) is 7.24. The number of nitrogens with two attached hydrogens (primary N) is 1. The quantitative estimate of drug-likeness (QED) is 0.711. The second kappa shape index (κ2) is 7.10. The Balaban J connectivity index is 0.000000180. The van der Waals surface area contributed by atoms with Crippen LogP contribution in [0.15, 0.2) is 30.3 Å². The molecule has 1 aromatic rings. The molecule has 0 spiro atoms. The second-order valence-electron chi connectivity index (χ2n) is 6.33. The van der Waals surface area contributed by atoms with Crippen molar-refractivity contribution in [3.05, 3.63) is 35.9 Å². The van der Waals surface area contributed by atoms with Crippen LogP contribution in [-0.2, 0) is 0 Å². The topological polar surface area (TPSA) is 26.0 Å². The minimum absolute atomic E-state index is 0.159. The van der Waals surface area contributed by atoms with Crippen LogP contribution in [0.4, 0.5) is 0 Å². The first kappa shape index (κ1) is 15.5. The Bertz CT molecular complexity index is 332. The van der Waals surface area contributed by atoms with Crippen molar-refractivity contribution in [2.45, 2.75) is 63.8 Å². The maximum atomic E-state index is 5.61. The summed E-state index contributed by atoms with van der Waals surface area (Å²) in [5.41, 5.74) is 7.89. The minimum atomic E-state index is -0.694. The van der Waals surface area contributed by atoms with Gasteiger partial charge in [-0.25, -0.2) is 0 Å². The highest BCUT2D eigenvalue weighted by Crippen LogP contribution is 2.36. The zero-order valence-electron chi connectivity index (χ0n) is 12.4. The molecular formula is C16H29NSi. The predicted octanol–water partition coefficient (Wildman–Crippen LogP) is 4.98. The molecule has 2 unspecified atom stereocenters. The fourth-order valence-electron chi connectivity index (χ4n) is 2.42. The first-order valence-corrected chi connectivity index (χ1v) is 10.5. The van der Waals surface area contributed by atoms with E-state index in [1.807, 2.05) is 37.3 Å². The SMILES string of the molecule is CC(N)c1ccccc1.CC1CCCC[Si]1(C)C. The molecule has 1 heterocycles. The molecule has 2 atom stereocenters. The fraction of sp³-hybridized carbons (Fsp3) is 0.625. The summed E-state index contributed by atoms with van der Waals surface area (Å²) in [6.07, 6.45) is 4.53. The Labute approximate surface area is 114 Å². The molecule has 1 nitrogen and oxygen atoms in total. The van der Waals surface area contributed by atoms with Gasteiger partial charge in [0.2, 0.25) is 0 Å². The molecule has 2 heteroatoms. The van der Waals surface area contributed by atoms with Crippen LogP contribution in [0.5, 0.6) is 0 Å². The summed E-state index contributed by atoms with van der Waals surface area (Å²) < 4.78 is 0. The Hall–Kier alpha value is -0.603. The van der Waals surface area contributed by atoms with Crippen LogP contribution in [0.2, 0.25) is 24.7 Å². The molecule has 1 aromatic carbocycles. The van der Waals surface area contributed by atoms with Gasteiger partial charge in [-0.15, -0.1) is 0 Å². The molecule has 102 valence electrons. The van der Waals surface area contributed by atoms with Crippen molar-refractivity contribution in [1.82, 2.24) is 0 Å². The molecule has 1 aliphatic rings. The number of benzene rings is 1. The van der Waals surface area contributed by atoms with Gasteiger partial charge >= 0.3 is 0 Å². The number of rotatable bonds is 1. The van der Waals surface area contributed by atoms with Gasteiger partial charge in [-0.3, -0.25) is 0 Å². The third kappa shape index (κ3) is 4.95. The summed E-state index contributed by atoms with van der Waals surface area (Å²) >= 11 is 0. The largest absolute Gasteiger partial charge is 0.324 e. The van der Waals surface area contributed by atoms with Crippen molar-refractivity contribution in [3.8, 4) is 0 Å². The van der Waals surface area contributed by atoms with E-state index in [2.05, 4.69) is 20.0 Å². The monoisotopic (exact) mass is 263 g/mol. The van der Waals surface area contributed by atoms with E-state index in [1.165, 1.54) is 24.8 Å². The van der Waals surface area contributed by atoms with Crippen molar-refractivity contribution < 1.29 is 0 Å². The van der Waals surface area contributed by atoms with E-state index in [-0.39, 0.29) is 6.04 Å². The zero-order chi connectivity index (χ0) is 13.6. The fourth-order valence-corrected chi connectivity index (χ4v) is 5.06. The lowest BCUT2D eigenvalue weighted by Gasteiger charge is -2.34. The molecule has 0 amide bonds. The van der Waals surface area contributed by atoms with E-state index in [9.17, 15) is 0 Å². The molecule has 0 radical (unpaired) electrons. The molecule has 1 aliphatic heterocycles. The second-order valence-corrected chi connectivity index (χ2v) is 11.8. The molecule has 0 aromatic heterocycles. The van der Waals surface area contributed by atoms with Gasteiger partial charge in [-0.05, 0) is 18.0 Å². The molecule has 18 heavy (non-hydrogen) atoms. The average Bonchev–Trinajstić information content (AvgIpc) is 2.35. The Kier molecular flexibility index (Phi) is 6.10. The van der Waals surface area contributed by atoms with E-state index in [4.69, 9.17) is 5.73 Å². The van der Waals surface area contributed by atoms with Crippen molar-refractivity contribution in [2.75, 3.05) is 0 Å². The lowest BCUT2D eigenvalue weighted by molar-refractivity contribution is 0.635. The van der Waals surface area contributed by atoms with Gasteiger partial charge < -0.3 is 5.73 Å². The van der Waals surface area contributed by atoms with Gasteiger partial charge in [0.15, 0.2) is 0 Å². The van der Waals surface area contributed by atoms with Crippen LogP contribution in [0.25, 0.3) is 0 Å². The Morgan fingerprint density at radius 3 is 2.11 bits per heavy atom. The maximum Gasteiger partial charge on any atom is 0.0502 e. The number of hydrogen-bond acceptors (Lipinski definition) is 1. The highest BCUT2D eigenvalue weighted by molar-refractivity contribution is 6.78. The molecule has 2 rings (SSSR count).